The minimum absolute atomic E-state index is 0.207. The van der Waals surface area contributed by atoms with Crippen molar-refractivity contribution in [1.82, 2.24) is 4.57 Å². The van der Waals surface area contributed by atoms with Gasteiger partial charge >= 0.3 is 5.97 Å². The first-order valence-corrected chi connectivity index (χ1v) is 7.45. The summed E-state index contributed by atoms with van der Waals surface area (Å²) >= 11 is 0. The molecule has 24 heavy (non-hydrogen) atoms. The molecule has 5 nitrogen and oxygen atoms in total. The van der Waals surface area contributed by atoms with Gasteiger partial charge in [0.15, 0.2) is 0 Å². The molecule has 3 rings (SSSR count). The van der Waals surface area contributed by atoms with Gasteiger partial charge in [0.2, 0.25) is 0 Å². The third-order valence-electron chi connectivity index (χ3n) is 4.04. The highest BCUT2D eigenvalue weighted by Crippen LogP contribution is 2.27. The summed E-state index contributed by atoms with van der Waals surface area (Å²) in [5, 5.41) is 0.698. The van der Waals surface area contributed by atoms with Gasteiger partial charge in [0, 0.05) is 16.6 Å². The van der Waals surface area contributed by atoms with Crippen LogP contribution in [0.15, 0.2) is 48.5 Å². The molecule has 0 fully saturated rings. The van der Waals surface area contributed by atoms with Gasteiger partial charge in [-0.05, 0) is 37.3 Å². The summed E-state index contributed by atoms with van der Waals surface area (Å²) < 4.78 is 11.5. The predicted molar refractivity (Wildman–Crippen MR) is 90.7 cm³/mol. The Labute approximate surface area is 139 Å². The van der Waals surface area contributed by atoms with Crippen molar-refractivity contribution in [2.24, 2.45) is 0 Å². The second-order valence-corrected chi connectivity index (χ2v) is 5.34. The Kier molecular flexibility index (Phi) is 4.08. The van der Waals surface area contributed by atoms with Crippen LogP contribution >= 0.6 is 0 Å². The van der Waals surface area contributed by atoms with Gasteiger partial charge in [-0.25, -0.2) is 4.79 Å². The number of hydrogen-bond donors (Lipinski definition) is 0. The van der Waals surface area contributed by atoms with Crippen molar-refractivity contribution >= 4 is 22.8 Å². The molecule has 0 saturated carbocycles. The average Bonchev–Trinajstić information content (AvgIpc) is 2.92. The Balaban J connectivity index is 2.20. The smallest absolute Gasteiger partial charge is 0.340 e. The summed E-state index contributed by atoms with van der Waals surface area (Å²) in [7, 11) is 2.91. The minimum atomic E-state index is -0.454. The number of carbonyl (C=O) groups is 2. The molecular formula is C19H17NO4. The number of carbonyl (C=O) groups excluding carboxylic acids is 2. The van der Waals surface area contributed by atoms with Crippen LogP contribution in [-0.4, -0.2) is 30.7 Å². The Morgan fingerprint density at radius 3 is 2.25 bits per heavy atom. The van der Waals surface area contributed by atoms with E-state index in [0.717, 1.165) is 0 Å². The minimum Gasteiger partial charge on any atom is -0.497 e. The lowest BCUT2D eigenvalue weighted by atomic mass is 10.1. The topological polar surface area (TPSA) is 57.5 Å². The van der Waals surface area contributed by atoms with Gasteiger partial charge in [-0.15, -0.1) is 0 Å². The van der Waals surface area contributed by atoms with E-state index >= 15 is 0 Å². The summed E-state index contributed by atoms with van der Waals surface area (Å²) in [5.74, 6) is 0.0161. The lowest BCUT2D eigenvalue weighted by Crippen LogP contribution is -2.14. The fourth-order valence-electron chi connectivity index (χ4n) is 2.85. The Morgan fingerprint density at radius 2 is 1.62 bits per heavy atom. The number of para-hydroxylation sites is 1. The molecule has 0 N–H and O–H groups in total. The third kappa shape index (κ3) is 2.44. The lowest BCUT2D eigenvalue weighted by Gasteiger charge is -2.08. The van der Waals surface area contributed by atoms with Gasteiger partial charge in [0.1, 0.15) is 5.75 Å². The summed E-state index contributed by atoms with van der Waals surface area (Å²) in [6.45, 7) is 1.74. The molecule has 0 bridgehead atoms. The van der Waals surface area contributed by atoms with Gasteiger partial charge in [0.05, 0.1) is 25.3 Å². The highest BCUT2D eigenvalue weighted by molar-refractivity contribution is 6.11. The zero-order chi connectivity index (χ0) is 17.3. The van der Waals surface area contributed by atoms with E-state index in [1.54, 1.807) is 42.9 Å². The van der Waals surface area contributed by atoms with Crippen molar-refractivity contribution in [2.75, 3.05) is 14.2 Å². The molecule has 0 aliphatic carbocycles. The van der Waals surface area contributed by atoms with Crippen molar-refractivity contribution in [3.8, 4) is 5.75 Å². The van der Waals surface area contributed by atoms with Crippen LogP contribution in [0.2, 0.25) is 0 Å². The van der Waals surface area contributed by atoms with Crippen molar-refractivity contribution < 1.29 is 19.1 Å². The summed E-state index contributed by atoms with van der Waals surface area (Å²) in [6.07, 6.45) is 0. The SMILES string of the molecule is COC(=O)c1c(C)n(C(=O)c2ccc(OC)cc2)c2ccccc12. The molecule has 0 amide bonds. The second-order valence-electron chi connectivity index (χ2n) is 5.34. The Morgan fingerprint density at radius 1 is 0.958 bits per heavy atom. The van der Waals surface area contributed by atoms with E-state index < -0.39 is 5.97 Å². The predicted octanol–water partition coefficient (Wildman–Crippen LogP) is 3.43. The van der Waals surface area contributed by atoms with E-state index in [1.807, 2.05) is 24.3 Å². The molecule has 0 radical (unpaired) electrons. The van der Waals surface area contributed by atoms with Crippen LogP contribution < -0.4 is 4.74 Å². The third-order valence-corrected chi connectivity index (χ3v) is 4.04. The molecular weight excluding hydrogens is 306 g/mol. The molecule has 122 valence electrons. The van der Waals surface area contributed by atoms with Crippen LogP contribution in [-0.2, 0) is 4.74 Å². The molecule has 3 aromatic rings. The molecule has 2 aromatic carbocycles. The number of fused-ring (bicyclic) bond motifs is 1. The molecule has 0 atom stereocenters. The zero-order valence-corrected chi connectivity index (χ0v) is 13.7. The maximum atomic E-state index is 13.0. The van der Waals surface area contributed by atoms with E-state index in [-0.39, 0.29) is 5.91 Å². The van der Waals surface area contributed by atoms with Crippen LogP contribution in [0.5, 0.6) is 5.75 Å². The molecule has 0 spiro atoms. The van der Waals surface area contributed by atoms with Crippen molar-refractivity contribution in [3.63, 3.8) is 0 Å². The molecule has 1 aromatic heterocycles. The van der Waals surface area contributed by atoms with Gasteiger partial charge in [-0.1, -0.05) is 18.2 Å². The summed E-state index contributed by atoms with van der Waals surface area (Å²) in [6, 6.07) is 14.2. The zero-order valence-electron chi connectivity index (χ0n) is 13.7. The second kappa shape index (κ2) is 6.20. The molecule has 0 aliphatic rings. The first-order chi connectivity index (χ1) is 11.6. The molecule has 0 saturated heterocycles. The first-order valence-electron chi connectivity index (χ1n) is 7.45. The fourth-order valence-corrected chi connectivity index (χ4v) is 2.85. The van der Waals surface area contributed by atoms with E-state index in [0.29, 0.717) is 33.5 Å². The van der Waals surface area contributed by atoms with Crippen LogP contribution in [0.25, 0.3) is 10.9 Å². The Bertz CT molecular complexity index is 922. The molecule has 5 heteroatoms. The Hall–Kier alpha value is -3.08. The van der Waals surface area contributed by atoms with E-state index in [9.17, 15) is 9.59 Å². The van der Waals surface area contributed by atoms with Crippen LogP contribution in [0.3, 0.4) is 0 Å². The highest BCUT2D eigenvalue weighted by atomic mass is 16.5. The molecule has 0 aliphatic heterocycles. The summed E-state index contributed by atoms with van der Waals surface area (Å²) in [5.41, 5.74) is 2.16. The van der Waals surface area contributed by atoms with Crippen molar-refractivity contribution in [1.29, 1.82) is 0 Å². The maximum Gasteiger partial charge on any atom is 0.340 e. The average molecular weight is 323 g/mol. The van der Waals surface area contributed by atoms with E-state index in [1.165, 1.54) is 7.11 Å². The maximum absolute atomic E-state index is 13.0. The monoisotopic (exact) mass is 323 g/mol. The number of aromatic nitrogens is 1. The normalized spacial score (nSPS) is 10.6. The number of ether oxygens (including phenoxy) is 2. The number of methoxy groups -OCH3 is 2. The van der Waals surface area contributed by atoms with Gasteiger partial charge in [-0.3, -0.25) is 9.36 Å². The lowest BCUT2D eigenvalue weighted by molar-refractivity contribution is 0.0602. The van der Waals surface area contributed by atoms with Gasteiger partial charge < -0.3 is 9.47 Å². The van der Waals surface area contributed by atoms with Crippen molar-refractivity contribution in [2.45, 2.75) is 6.92 Å². The standard InChI is InChI=1S/C19H17NO4/c1-12-17(19(22)24-3)15-6-4-5-7-16(15)20(12)18(21)13-8-10-14(23-2)11-9-13/h4-11H,1-3H3. The molecule has 0 unspecified atom stereocenters. The van der Waals surface area contributed by atoms with Gasteiger partial charge in [0.25, 0.3) is 5.91 Å². The largest absolute Gasteiger partial charge is 0.497 e. The molecule has 1 heterocycles. The van der Waals surface area contributed by atoms with Crippen LogP contribution in [0.4, 0.5) is 0 Å². The number of esters is 1. The van der Waals surface area contributed by atoms with E-state index in [4.69, 9.17) is 9.47 Å². The number of hydrogen-bond acceptors (Lipinski definition) is 4. The first kappa shape index (κ1) is 15.8. The fraction of sp³-hybridized carbons (Fsp3) is 0.158. The highest BCUT2D eigenvalue weighted by Gasteiger charge is 2.24. The van der Waals surface area contributed by atoms with Gasteiger partial charge in [-0.2, -0.15) is 0 Å². The van der Waals surface area contributed by atoms with Crippen molar-refractivity contribution in [3.05, 3.63) is 65.4 Å². The number of benzene rings is 2. The van der Waals surface area contributed by atoms with Crippen LogP contribution in [0, 0.1) is 6.92 Å². The number of nitrogens with zero attached hydrogens (tertiary/aromatic N) is 1. The van der Waals surface area contributed by atoms with E-state index in [2.05, 4.69) is 0 Å². The van der Waals surface area contributed by atoms with Crippen LogP contribution in [0.1, 0.15) is 26.4 Å². The summed E-state index contributed by atoms with van der Waals surface area (Å²) in [4.78, 5) is 25.1. The number of rotatable bonds is 3. The quantitative estimate of drug-likeness (QED) is 0.693.